The molecule has 0 aliphatic rings. The molecule has 1 heterocycles. The molecule has 0 aliphatic carbocycles. The number of benzene rings is 2. The van der Waals surface area contributed by atoms with E-state index in [1.54, 1.807) is 32.4 Å². The number of aromatic nitrogens is 3. The number of carbonyl (C=O) groups excluding carboxylic acids is 1. The summed E-state index contributed by atoms with van der Waals surface area (Å²) in [7, 11) is 3.13. The second-order valence-corrected chi connectivity index (χ2v) is 9.46. The number of thioether (sulfide) groups is 1. The highest BCUT2D eigenvalue weighted by Crippen LogP contribution is 2.31. The van der Waals surface area contributed by atoms with Crippen LogP contribution in [0.25, 0.3) is 0 Å². The van der Waals surface area contributed by atoms with Gasteiger partial charge in [-0.2, -0.15) is 0 Å². The highest BCUT2D eigenvalue weighted by molar-refractivity contribution is 8.00. The van der Waals surface area contributed by atoms with E-state index in [4.69, 9.17) is 14.2 Å². The highest BCUT2D eigenvalue weighted by atomic mass is 32.2. The molecule has 34 heavy (non-hydrogen) atoms. The van der Waals surface area contributed by atoms with E-state index in [0.717, 1.165) is 24.5 Å². The lowest BCUT2D eigenvalue weighted by Crippen LogP contribution is -2.23. The summed E-state index contributed by atoms with van der Waals surface area (Å²) in [6, 6.07) is 14.9. The van der Waals surface area contributed by atoms with Crippen LogP contribution in [-0.4, -0.2) is 40.1 Å². The first kappa shape index (κ1) is 25.4. The van der Waals surface area contributed by atoms with Crippen LogP contribution in [0.5, 0.6) is 17.2 Å². The molecule has 9 heteroatoms. The number of anilines is 1. The highest BCUT2D eigenvalue weighted by Gasteiger charge is 2.21. The second kappa shape index (κ2) is 12.3. The molecule has 3 aromatic rings. The van der Waals surface area contributed by atoms with Crippen LogP contribution >= 0.6 is 11.8 Å². The van der Waals surface area contributed by atoms with Gasteiger partial charge in [-0.15, -0.1) is 10.2 Å². The molecule has 1 amide bonds. The molecule has 1 atom stereocenters. The summed E-state index contributed by atoms with van der Waals surface area (Å²) in [5.74, 6) is 3.05. The number of methoxy groups -OCH3 is 2. The van der Waals surface area contributed by atoms with E-state index in [-0.39, 0.29) is 5.91 Å². The van der Waals surface area contributed by atoms with Crippen LogP contribution in [-0.2, 0) is 17.9 Å². The second-order valence-electron chi connectivity index (χ2n) is 8.15. The van der Waals surface area contributed by atoms with Crippen molar-refractivity contribution in [3.8, 4) is 17.2 Å². The Bertz CT molecular complexity index is 1070. The van der Waals surface area contributed by atoms with Crippen LogP contribution in [0, 0.1) is 5.92 Å². The summed E-state index contributed by atoms with van der Waals surface area (Å²) in [5, 5.41) is 12.0. The molecule has 0 aliphatic heterocycles. The lowest BCUT2D eigenvalue weighted by Gasteiger charge is -2.15. The van der Waals surface area contributed by atoms with Crippen LogP contribution in [0.2, 0.25) is 0 Å². The van der Waals surface area contributed by atoms with E-state index in [0.29, 0.717) is 34.9 Å². The summed E-state index contributed by atoms with van der Waals surface area (Å²) in [4.78, 5) is 12.9. The average molecular weight is 485 g/mol. The van der Waals surface area contributed by atoms with Gasteiger partial charge in [-0.1, -0.05) is 43.8 Å². The normalized spacial score (nSPS) is 11.8. The third kappa shape index (κ3) is 6.90. The first-order valence-electron chi connectivity index (χ1n) is 11.2. The minimum Gasteiger partial charge on any atom is -0.493 e. The zero-order chi connectivity index (χ0) is 24.5. The number of carbonyl (C=O) groups is 1. The molecule has 8 nitrogen and oxygen atoms in total. The van der Waals surface area contributed by atoms with Crippen LogP contribution in [0.15, 0.2) is 53.7 Å². The van der Waals surface area contributed by atoms with Crippen molar-refractivity contribution in [1.82, 2.24) is 14.8 Å². The minimum absolute atomic E-state index is 0.141. The van der Waals surface area contributed by atoms with Gasteiger partial charge in [0.1, 0.15) is 12.4 Å². The largest absolute Gasteiger partial charge is 0.493 e. The first-order valence-corrected chi connectivity index (χ1v) is 12.1. The molecule has 3 rings (SSSR count). The van der Waals surface area contributed by atoms with Crippen LogP contribution < -0.4 is 19.5 Å². The van der Waals surface area contributed by atoms with E-state index in [1.807, 2.05) is 41.8 Å². The standard InChI is InChI=1S/C25H32N4O4S/c1-17(2)13-14-29-23(16-33-20-9-7-6-8-10-20)27-28-25(29)34-18(3)24(30)26-19-11-12-21(31-4)22(15-19)32-5/h6-12,15,17-18H,13-14,16H2,1-5H3,(H,26,30). The molecule has 1 unspecified atom stereocenters. The molecule has 0 saturated heterocycles. The van der Waals surface area contributed by atoms with Gasteiger partial charge in [0.05, 0.1) is 19.5 Å². The van der Waals surface area contributed by atoms with Gasteiger partial charge in [0, 0.05) is 18.3 Å². The van der Waals surface area contributed by atoms with Gasteiger partial charge in [-0.05, 0) is 43.5 Å². The number of hydrogen-bond acceptors (Lipinski definition) is 7. The number of ether oxygens (including phenoxy) is 3. The van der Waals surface area contributed by atoms with Crippen molar-refractivity contribution >= 4 is 23.4 Å². The Morgan fingerprint density at radius 2 is 1.76 bits per heavy atom. The van der Waals surface area contributed by atoms with Crippen LogP contribution in [0.3, 0.4) is 0 Å². The lowest BCUT2D eigenvalue weighted by atomic mass is 10.1. The van der Waals surface area contributed by atoms with Crippen molar-refractivity contribution in [1.29, 1.82) is 0 Å². The van der Waals surface area contributed by atoms with E-state index in [2.05, 4.69) is 29.4 Å². The van der Waals surface area contributed by atoms with Crippen LogP contribution in [0.1, 0.15) is 33.0 Å². The molecular formula is C25H32N4O4S. The minimum atomic E-state index is -0.391. The third-order valence-corrected chi connectivity index (χ3v) is 6.22. The fraction of sp³-hybridized carbons (Fsp3) is 0.400. The third-order valence-electron chi connectivity index (χ3n) is 5.14. The summed E-state index contributed by atoms with van der Waals surface area (Å²) < 4.78 is 18.5. The van der Waals surface area contributed by atoms with E-state index in [1.165, 1.54) is 11.8 Å². The zero-order valence-electron chi connectivity index (χ0n) is 20.3. The van der Waals surface area contributed by atoms with Crippen molar-refractivity contribution in [3.63, 3.8) is 0 Å². The molecule has 1 aromatic heterocycles. The zero-order valence-corrected chi connectivity index (χ0v) is 21.1. The summed E-state index contributed by atoms with van der Waals surface area (Å²) >= 11 is 1.38. The van der Waals surface area contributed by atoms with Gasteiger partial charge in [0.25, 0.3) is 0 Å². The van der Waals surface area contributed by atoms with E-state index in [9.17, 15) is 4.79 Å². The molecule has 0 fully saturated rings. The fourth-order valence-electron chi connectivity index (χ4n) is 3.16. The Hall–Kier alpha value is -3.20. The Balaban J connectivity index is 1.69. The number of rotatable bonds is 12. The van der Waals surface area contributed by atoms with E-state index < -0.39 is 5.25 Å². The average Bonchev–Trinajstić information content (AvgIpc) is 3.22. The maximum atomic E-state index is 12.9. The smallest absolute Gasteiger partial charge is 0.237 e. The van der Waals surface area contributed by atoms with Gasteiger partial charge in [-0.25, -0.2) is 0 Å². The predicted molar refractivity (Wildman–Crippen MR) is 134 cm³/mol. The van der Waals surface area contributed by atoms with Crippen molar-refractivity contribution in [2.24, 2.45) is 5.92 Å². The first-order chi connectivity index (χ1) is 16.4. The Kier molecular flexibility index (Phi) is 9.21. The quantitative estimate of drug-likeness (QED) is 0.360. The van der Waals surface area contributed by atoms with Gasteiger partial charge in [-0.3, -0.25) is 4.79 Å². The maximum absolute atomic E-state index is 12.9. The van der Waals surface area contributed by atoms with Gasteiger partial charge >= 0.3 is 0 Å². The van der Waals surface area contributed by atoms with Gasteiger partial charge in [0.2, 0.25) is 5.91 Å². The van der Waals surface area contributed by atoms with Crippen molar-refractivity contribution in [2.75, 3.05) is 19.5 Å². The Labute approximate surface area is 205 Å². The predicted octanol–water partition coefficient (Wildman–Crippen LogP) is 5.04. The molecule has 1 N–H and O–H groups in total. The number of amides is 1. The molecule has 2 aromatic carbocycles. The van der Waals surface area contributed by atoms with Crippen molar-refractivity contribution < 1.29 is 19.0 Å². The Morgan fingerprint density at radius 1 is 1.03 bits per heavy atom. The summed E-state index contributed by atoms with van der Waals surface area (Å²) in [5.41, 5.74) is 0.633. The fourth-order valence-corrected chi connectivity index (χ4v) is 4.05. The summed E-state index contributed by atoms with van der Waals surface area (Å²) in [6.07, 6.45) is 0.968. The van der Waals surface area contributed by atoms with Crippen LogP contribution in [0.4, 0.5) is 5.69 Å². The maximum Gasteiger partial charge on any atom is 0.237 e. The summed E-state index contributed by atoms with van der Waals surface area (Å²) in [6.45, 7) is 7.27. The number of nitrogens with zero attached hydrogens (tertiary/aromatic N) is 3. The number of hydrogen-bond donors (Lipinski definition) is 1. The lowest BCUT2D eigenvalue weighted by molar-refractivity contribution is -0.115. The van der Waals surface area contributed by atoms with Crippen molar-refractivity contribution in [3.05, 3.63) is 54.4 Å². The topological polar surface area (TPSA) is 87.5 Å². The van der Waals surface area contributed by atoms with Crippen molar-refractivity contribution in [2.45, 2.75) is 50.8 Å². The molecule has 0 saturated carbocycles. The molecule has 0 spiro atoms. The SMILES string of the molecule is COc1ccc(NC(=O)C(C)Sc2nnc(COc3ccccc3)n2CCC(C)C)cc1OC. The Morgan fingerprint density at radius 3 is 2.44 bits per heavy atom. The number of nitrogens with one attached hydrogen (secondary N) is 1. The molecule has 0 radical (unpaired) electrons. The monoisotopic (exact) mass is 484 g/mol. The van der Waals surface area contributed by atoms with E-state index >= 15 is 0 Å². The molecular weight excluding hydrogens is 452 g/mol. The van der Waals surface area contributed by atoms with Gasteiger partial charge < -0.3 is 24.1 Å². The number of para-hydroxylation sites is 1. The van der Waals surface area contributed by atoms with Gasteiger partial charge in [0.15, 0.2) is 22.5 Å². The molecule has 0 bridgehead atoms. The molecule has 182 valence electrons.